The Morgan fingerprint density at radius 1 is 0.977 bits per heavy atom. The fraction of sp³-hybridized carbons (Fsp3) is 0.441. The number of anilines is 1. The third-order valence-corrected chi connectivity index (χ3v) is 8.55. The monoisotopic (exact) mass is 593 g/mol. The standard InChI is InChI=1S/C34H40FNO7/c35-27-14-12-24(13-15-27)30(38)19-18-29-32(36(33(29)41)28-16-8-23(9-17-28)4-2-20-37)25-10-6-22(7-11-25)3-1-5-26(34(42)43)21-31(39)40/h6-10,12-17,25-26,29-30,32,37-38H,1-5,11,18-21H2,(H,39,40)(H,42,43)/t25?,26?,29-,30+,32-/m1/s1. The normalized spacial score (nSPS) is 21.2. The molecule has 1 fully saturated rings. The van der Waals surface area contributed by atoms with Gasteiger partial charge in [-0.3, -0.25) is 14.4 Å². The fourth-order valence-corrected chi connectivity index (χ4v) is 6.14. The Labute approximate surface area is 251 Å². The summed E-state index contributed by atoms with van der Waals surface area (Å²) in [6.07, 6.45) is 9.48. The number of carbonyl (C=O) groups excluding carboxylic acids is 1. The first-order valence-corrected chi connectivity index (χ1v) is 15.0. The van der Waals surface area contributed by atoms with Gasteiger partial charge in [-0.15, -0.1) is 0 Å². The van der Waals surface area contributed by atoms with E-state index in [1.165, 1.54) is 12.1 Å². The van der Waals surface area contributed by atoms with Crippen molar-refractivity contribution >= 4 is 23.5 Å². The molecule has 0 spiro atoms. The van der Waals surface area contributed by atoms with Gasteiger partial charge >= 0.3 is 11.9 Å². The maximum Gasteiger partial charge on any atom is 0.307 e. The number of amides is 1. The molecule has 2 aliphatic rings. The van der Waals surface area contributed by atoms with Crippen molar-refractivity contribution in [1.29, 1.82) is 0 Å². The van der Waals surface area contributed by atoms with E-state index in [1.807, 2.05) is 35.2 Å². The lowest BCUT2D eigenvalue weighted by molar-refractivity contribution is -0.148. The van der Waals surface area contributed by atoms with Crippen molar-refractivity contribution < 1.29 is 39.2 Å². The average Bonchev–Trinajstić information content (AvgIpc) is 2.99. The molecule has 43 heavy (non-hydrogen) atoms. The van der Waals surface area contributed by atoms with Gasteiger partial charge in [0.15, 0.2) is 0 Å². The Bertz CT molecular complexity index is 1320. The molecule has 0 saturated carbocycles. The van der Waals surface area contributed by atoms with Crippen LogP contribution in [-0.2, 0) is 20.8 Å². The first-order chi connectivity index (χ1) is 20.7. The summed E-state index contributed by atoms with van der Waals surface area (Å²) in [7, 11) is 0. The van der Waals surface area contributed by atoms with Gasteiger partial charge < -0.3 is 25.3 Å². The highest BCUT2D eigenvalue weighted by Gasteiger charge is 2.50. The summed E-state index contributed by atoms with van der Waals surface area (Å²) in [5.41, 5.74) is 3.56. The SMILES string of the molecule is O=C(O)CC(CCCC1=CCC([C@@H]2[C@@H](CC[C@H](O)c3ccc(F)cc3)C(=O)N2c2ccc(CCCO)cc2)C=C1)C(=O)O. The van der Waals surface area contributed by atoms with Crippen LogP contribution in [0.1, 0.15) is 68.6 Å². The number of hydrogen-bond acceptors (Lipinski definition) is 5. The Kier molecular flexibility index (Phi) is 11.3. The highest BCUT2D eigenvalue weighted by Crippen LogP contribution is 2.43. The number of carbonyl (C=O) groups is 3. The molecule has 1 heterocycles. The summed E-state index contributed by atoms with van der Waals surface area (Å²) in [4.78, 5) is 37.7. The molecule has 0 aromatic heterocycles. The third-order valence-electron chi connectivity index (χ3n) is 8.55. The fourth-order valence-electron chi connectivity index (χ4n) is 6.14. The molecule has 5 atom stereocenters. The molecule has 4 N–H and O–H groups in total. The van der Waals surface area contributed by atoms with Crippen LogP contribution in [0.5, 0.6) is 0 Å². The number of carboxylic acid groups (broad SMARTS) is 2. The van der Waals surface area contributed by atoms with E-state index in [1.54, 1.807) is 12.1 Å². The molecule has 9 heteroatoms. The number of allylic oxidation sites excluding steroid dienone is 3. The van der Waals surface area contributed by atoms with E-state index in [0.29, 0.717) is 44.1 Å². The number of aryl methyl sites for hydroxylation is 1. The second-order valence-corrected chi connectivity index (χ2v) is 11.5. The van der Waals surface area contributed by atoms with Crippen molar-refractivity contribution in [2.45, 2.75) is 69.9 Å². The van der Waals surface area contributed by atoms with Crippen molar-refractivity contribution in [3.8, 4) is 0 Å². The van der Waals surface area contributed by atoms with Gasteiger partial charge in [0.25, 0.3) is 0 Å². The molecule has 1 aliphatic carbocycles. The maximum atomic E-state index is 13.5. The van der Waals surface area contributed by atoms with Gasteiger partial charge in [-0.1, -0.05) is 48.1 Å². The summed E-state index contributed by atoms with van der Waals surface area (Å²) in [6.45, 7) is 0.117. The van der Waals surface area contributed by atoms with Crippen LogP contribution in [0.15, 0.2) is 72.3 Å². The van der Waals surface area contributed by atoms with Gasteiger partial charge in [0, 0.05) is 18.2 Å². The Balaban J connectivity index is 1.43. The largest absolute Gasteiger partial charge is 0.481 e. The number of hydrogen-bond donors (Lipinski definition) is 4. The number of halogens is 1. The highest BCUT2D eigenvalue weighted by atomic mass is 19.1. The van der Waals surface area contributed by atoms with Crippen LogP contribution < -0.4 is 4.90 Å². The molecule has 2 aromatic carbocycles. The Morgan fingerprint density at radius 3 is 2.30 bits per heavy atom. The molecule has 4 rings (SSSR count). The zero-order valence-electron chi connectivity index (χ0n) is 24.1. The van der Waals surface area contributed by atoms with Crippen molar-refractivity contribution in [2.75, 3.05) is 11.5 Å². The van der Waals surface area contributed by atoms with E-state index in [9.17, 15) is 29.0 Å². The number of aliphatic hydroxyl groups excluding tert-OH is 2. The maximum absolute atomic E-state index is 13.5. The number of nitrogens with zero attached hydrogens (tertiary/aromatic N) is 1. The Hall–Kier alpha value is -3.82. The van der Waals surface area contributed by atoms with E-state index in [-0.39, 0.29) is 42.6 Å². The molecule has 230 valence electrons. The molecule has 1 amide bonds. The van der Waals surface area contributed by atoms with Crippen molar-refractivity contribution in [3.63, 3.8) is 0 Å². The second kappa shape index (κ2) is 15.1. The van der Waals surface area contributed by atoms with Crippen molar-refractivity contribution in [3.05, 3.63) is 89.3 Å². The van der Waals surface area contributed by atoms with Gasteiger partial charge in [-0.2, -0.15) is 0 Å². The first kappa shape index (κ1) is 32.1. The number of aliphatic hydroxyl groups is 2. The molecule has 0 radical (unpaired) electrons. The van der Waals surface area contributed by atoms with Crippen LogP contribution in [0.2, 0.25) is 0 Å². The van der Waals surface area contributed by atoms with Gasteiger partial charge in [0.05, 0.1) is 30.4 Å². The second-order valence-electron chi connectivity index (χ2n) is 11.5. The average molecular weight is 594 g/mol. The van der Waals surface area contributed by atoms with Gasteiger partial charge in [-0.25, -0.2) is 4.39 Å². The predicted octanol–water partition coefficient (Wildman–Crippen LogP) is 5.44. The van der Waals surface area contributed by atoms with E-state index in [2.05, 4.69) is 12.2 Å². The lowest BCUT2D eigenvalue weighted by Crippen LogP contribution is -2.64. The van der Waals surface area contributed by atoms with Crippen LogP contribution in [0.25, 0.3) is 0 Å². The van der Waals surface area contributed by atoms with E-state index >= 15 is 0 Å². The predicted molar refractivity (Wildman–Crippen MR) is 160 cm³/mol. The zero-order valence-corrected chi connectivity index (χ0v) is 24.1. The van der Waals surface area contributed by atoms with E-state index in [4.69, 9.17) is 10.2 Å². The van der Waals surface area contributed by atoms with Crippen molar-refractivity contribution in [2.24, 2.45) is 17.8 Å². The summed E-state index contributed by atoms with van der Waals surface area (Å²) in [5.74, 6) is -3.74. The minimum atomic E-state index is -1.12. The van der Waals surface area contributed by atoms with Gasteiger partial charge in [-0.05, 0) is 86.8 Å². The number of carboxylic acids is 2. The first-order valence-electron chi connectivity index (χ1n) is 15.0. The van der Waals surface area contributed by atoms with Crippen LogP contribution in [0.3, 0.4) is 0 Å². The molecule has 1 aliphatic heterocycles. The number of aliphatic carboxylic acids is 2. The third kappa shape index (κ3) is 8.39. The number of rotatable bonds is 16. The molecule has 8 nitrogen and oxygen atoms in total. The highest BCUT2D eigenvalue weighted by molar-refractivity contribution is 6.03. The van der Waals surface area contributed by atoms with Crippen LogP contribution in [-0.4, -0.2) is 50.9 Å². The summed E-state index contributed by atoms with van der Waals surface area (Å²) in [5, 5.41) is 38.1. The van der Waals surface area contributed by atoms with Crippen LogP contribution in [0, 0.1) is 23.6 Å². The van der Waals surface area contributed by atoms with Gasteiger partial charge in [0.2, 0.25) is 5.91 Å². The van der Waals surface area contributed by atoms with E-state index < -0.39 is 30.4 Å². The molecule has 0 bridgehead atoms. The van der Waals surface area contributed by atoms with Crippen LogP contribution >= 0.6 is 0 Å². The topological polar surface area (TPSA) is 135 Å². The Morgan fingerprint density at radius 2 is 1.70 bits per heavy atom. The number of benzene rings is 2. The summed E-state index contributed by atoms with van der Waals surface area (Å²) < 4.78 is 13.3. The molecule has 2 unspecified atom stereocenters. The summed E-state index contributed by atoms with van der Waals surface area (Å²) in [6, 6.07) is 13.4. The minimum Gasteiger partial charge on any atom is -0.481 e. The summed E-state index contributed by atoms with van der Waals surface area (Å²) >= 11 is 0. The smallest absolute Gasteiger partial charge is 0.307 e. The van der Waals surface area contributed by atoms with E-state index in [0.717, 1.165) is 23.2 Å². The van der Waals surface area contributed by atoms with Crippen LogP contribution in [0.4, 0.5) is 10.1 Å². The molecular formula is C34H40FNO7. The minimum absolute atomic E-state index is 0.000679. The molecule has 2 aromatic rings. The van der Waals surface area contributed by atoms with Gasteiger partial charge in [0.1, 0.15) is 5.82 Å². The number of β-lactam (4-membered cyclic amide) rings is 1. The lowest BCUT2D eigenvalue weighted by atomic mass is 9.72. The van der Waals surface area contributed by atoms with Crippen molar-refractivity contribution in [1.82, 2.24) is 0 Å². The molecular weight excluding hydrogens is 553 g/mol. The molecule has 1 saturated heterocycles. The quantitative estimate of drug-likeness (QED) is 0.190. The zero-order chi connectivity index (χ0) is 30.9. The lowest BCUT2D eigenvalue weighted by Gasteiger charge is -2.51.